The molecule has 3 N–H and O–H groups in total. The summed E-state index contributed by atoms with van der Waals surface area (Å²) in [6.45, 7) is 3.10. The van der Waals surface area contributed by atoms with Gasteiger partial charge in [-0.3, -0.25) is 4.79 Å². The lowest BCUT2D eigenvalue weighted by atomic mass is 9.85. The van der Waals surface area contributed by atoms with Crippen molar-refractivity contribution in [2.24, 2.45) is 16.3 Å². The molecule has 5 heteroatoms. The van der Waals surface area contributed by atoms with E-state index < -0.39 is 17.4 Å². The van der Waals surface area contributed by atoms with Gasteiger partial charge in [-0.2, -0.15) is 4.91 Å². The van der Waals surface area contributed by atoms with Crippen LogP contribution in [0.4, 0.5) is 0 Å². The number of nitrogens with zero attached hydrogens (tertiary/aromatic N) is 1. The van der Waals surface area contributed by atoms with E-state index >= 15 is 0 Å². The Morgan fingerprint density at radius 1 is 1.73 bits per heavy atom. The lowest BCUT2D eigenvalue weighted by Gasteiger charge is -2.24. The summed E-state index contributed by atoms with van der Waals surface area (Å²) in [6, 6.07) is -1.04. The fourth-order valence-corrected chi connectivity index (χ4v) is 0.599. The minimum absolute atomic E-state index is 0.0829. The molecule has 0 aliphatic rings. The Kier molecular flexibility index (Phi) is 3.13. The van der Waals surface area contributed by atoms with Crippen molar-refractivity contribution in [2.45, 2.75) is 19.9 Å². The molecule has 11 heavy (non-hydrogen) atoms. The number of hydrogen-bond donors (Lipinski definition) is 2. The van der Waals surface area contributed by atoms with E-state index in [1.807, 2.05) is 0 Å². The van der Waals surface area contributed by atoms with E-state index in [9.17, 15) is 9.70 Å². The molecule has 0 bridgehead atoms. The van der Waals surface area contributed by atoms with Gasteiger partial charge in [0.15, 0.2) is 0 Å². The third-order valence-corrected chi connectivity index (χ3v) is 1.58. The van der Waals surface area contributed by atoms with Gasteiger partial charge in [0.25, 0.3) is 0 Å². The van der Waals surface area contributed by atoms with Crippen LogP contribution in [0.2, 0.25) is 0 Å². The molecule has 0 rings (SSSR count). The second-order valence-corrected chi connectivity index (χ2v) is 3.09. The zero-order valence-electron chi connectivity index (χ0n) is 6.57. The van der Waals surface area contributed by atoms with Crippen molar-refractivity contribution in [1.29, 1.82) is 0 Å². The number of rotatable bonds is 4. The Labute approximate surface area is 64.6 Å². The van der Waals surface area contributed by atoms with Gasteiger partial charge in [0.2, 0.25) is 0 Å². The third kappa shape index (κ3) is 2.63. The minimum atomic E-state index is -1.11. The molecule has 0 spiro atoms. The summed E-state index contributed by atoms with van der Waals surface area (Å²) in [7, 11) is 0. The quantitative estimate of drug-likeness (QED) is 0.574. The highest BCUT2D eigenvalue weighted by molar-refractivity contribution is 5.74. The number of nitrogens with two attached hydrogens (primary N) is 1. The largest absolute Gasteiger partial charge is 0.480 e. The topological polar surface area (TPSA) is 92.8 Å². The molecule has 0 aliphatic carbocycles. The van der Waals surface area contributed by atoms with Crippen LogP contribution in [0.1, 0.15) is 13.8 Å². The molecule has 0 aromatic rings. The van der Waals surface area contributed by atoms with E-state index in [0.29, 0.717) is 0 Å². The van der Waals surface area contributed by atoms with Gasteiger partial charge in [0.05, 0.1) is 6.54 Å². The lowest BCUT2D eigenvalue weighted by molar-refractivity contribution is -0.141. The van der Waals surface area contributed by atoms with Gasteiger partial charge in [-0.1, -0.05) is 19.0 Å². The van der Waals surface area contributed by atoms with Crippen molar-refractivity contribution >= 4 is 5.97 Å². The Balaban J connectivity index is 4.27. The molecule has 0 fully saturated rings. The fourth-order valence-electron chi connectivity index (χ4n) is 0.599. The highest BCUT2D eigenvalue weighted by Crippen LogP contribution is 2.19. The molecule has 0 saturated carbocycles. The maximum Gasteiger partial charge on any atom is 0.321 e. The normalized spacial score (nSPS) is 14.1. The predicted octanol–water partition coefficient (Wildman–Crippen LogP) is 0.191. The zero-order chi connectivity index (χ0) is 9.07. The number of aliphatic carboxylic acids is 1. The van der Waals surface area contributed by atoms with E-state index in [1.54, 1.807) is 13.8 Å². The van der Waals surface area contributed by atoms with Gasteiger partial charge < -0.3 is 10.8 Å². The van der Waals surface area contributed by atoms with Crippen molar-refractivity contribution in [2.75, 3.05) is 6.54 Å². The van der Waals surface area contributed by atoms with Crippen molar-refractivity contribution in [1.82, 2.24) is 0 Å². The van der Waals surface area contributed by atoms with Crippen LogP contribution in [0, 0.1) is 10.3 Å². The first kappa shape index (κ1) is 10.0. The van der Waals surface area contributed by atoms with E-state index in [4.69, 9.17) is 10.8 Å². The van der Waals surface area contributed by atoms with Crippen molar-refractivity contribution < 1.29 is 9.90 Å². The van der Waals surface area contributed by atoms with Gasteiger partial charge in [-0.15, -0.1) is 0 Å². The summed E-state index contributed by atoms with van der Waals surface area (Å²) in [6.07, 6.45) is 0. The van der Waals surface area contributed by atoms with E-state index in [-0.39, 0.29) is 6.54 Å². The molecular formula is C6H12N2O3. The van der Waals surface area contributed by atoms with Crippen LogP contribution in [-0.2, 0) is 4.79 Å². The van der Waals surface area contributed by atoms with Gasteiger partial charge in [0, 0.05) is 5.41 Å². The molecule has 1 atom stereocenters. The van der Waals surface area contributed by atoms with Crippen LogP contribution >= 0.6 is 0 Å². The van der Waals surface area contributed by atoms with Crippen molar-refractivity contribution in [3.8, 4) is 0 Å². The van der Waals surface area contributed by atoms with Gasteiger partial charge in [-0.25, -0.2) is 0 Å². The SMILES string of the molecule is CC(C)(CN=O)C(N)C(=O)O. The first-order valence-corrected chi connectivity index (χ1v) is 3.19. The molecular weight excluding hydrogens is 148 g/mol. The molecule has 1 unspecified atom stereocenters. The first-order valence-electron chi connectivity index (χ1n) is 3.19. The molecule has 0 radical (unpaired) electrons. The van der Waals surface area contributed by atoms with Crippen LogP contribution in [0.25, 0.3) is 0 Å². The second kappa shape index (κ2) is 3.43. The van der Waals surface area contributed by atoms with Crippen molar-refractivity contribution in [3.05, 3.63) is 4.91 Å². The van der Waals surface area contributed by atoms with Crippen LogP contribution in [-0.4, -0.2) is 23.7 Å². The minimum Gasteiger partial charge on any atom is -0.480 e. The zero-order valence-corrected chi connectivity index (χ0v) is 6.57. The molecule has 0 aliphatic heterocycles. The Hall–Kier alpha value is -0.970. The smallest absolute Gasteiger partial charge is 0.321 e. The van der Waals surface area contributed by atoms with Crippen molar-refractivity contribution in [3.63, 3.8) is 0 Å². The second-order valence-electron chi connectivity index (χ2n) is 3.09. The summed E-state index contributed by atoms with van der Waals surface area (Å²) in [5.41, 5.74) is 4.51. The maximum absolute atomic E-state index is 10.4. The van der Waals surface area contributed by atoms with E-state index in [0.717, 1.165) is 0 Å². The highest BCUT2D eigenvalue weighted by atomic mass is 16.4. The number of carboxylic acids is 1. The molecule has 0 aromatic carbocycles. The molecule has 0 amide bonds. The summed E-state index contributed by atoms with van der Waals surface area (Å²) < 4.78 is 0. The average molecular weight is 160 g/mol. The lowest BCUT2D eigenvalue weighted by Crippen LogP contribution is -2.45. The summed E-state index contributed by atoms with van der Waals surface area (Å²) in [5.74, 6) is -1.11. The summed E-state index contributed by atoms with van der Waals surface area (Å²) in [5, 5.41) is 11.1. The summed E-state index contributed by atoms with van der Waals surface area (Å²) >= 11 is 0. The Bertz CT molecular complexity index is 167. The molecule has 5 nitrogen and oxygen atoms in total. The van der Waals surface area contributed by atoms with E-state index in [1.165, 1.54) is 0 Å². The van der Waals surface area contributed by atoms with Crippen LogP contribution in [0.15, 0.2) is 5.18 Å². The number of hydrogen-bond acceptors (Lipinski definition) is 4. The van der Waals surface area contributed by atoms with Crippen LogP contribution in [0.5, 0.6) is 0 Å². The Morgan fingerprint density at radius 2 is 2.18 bits per heavy atom. The van der Waals surface area contributed by atoms with Gasteiger partial charge >= 0.3 is 5.97 Å². The average Bonchev–Trinajstić information content (AvgIpc) is 1.86. The summed E-state index contributed by atoms with van der Waals surface area (Å²) in [4.78, 5) is 20.2. The van der Waals surface area contributed by atoms with Crippen LogP contribution < -0.4 is 5.73 Å². The molecule has 64 valence electrons. The molecule has 0 saturated heterocycles. The first-order chi connectivity index (χ1) is 4.91. The number of nitroso groups, excluding NO2 is 1. The predicted molar refractivity (Wildman–Crippen MR) is 40.1 cm³/mol. The van der Waals surface area contributed by atoms with Crippen LogP contribution in [0.3, 0.4) is 0 Å². The standard InChI is InChI=1S/C6H12N2O3/c1-6(2,3-8-11)4(7)5(9)10/h4H,3,7H2,1-2H3,(H,9,10). The molecule has 0 heterocycles. The molecule has 0 aromatic heterocycles. The monoisotopic (exact) mass is 160 g/mol. The van der Waals surface area contributed by atoms with E-state index in [2.05, 4.69) is 5.18 Å². The number of carboxylic acid groups (broad SMARTS) is 1. The number of carbonyl (C=O) groups is 1. The van der Waals surface area contributed by atoms with Gasteiger partial charge in [-0.05, 0) is 0 Å². The fraction of sp³-hybridized carbons (Fsp3) is 0.833. The van der Waals surface area contributed by atoms with Gasteiger partial charge in [0.1, 0.15) is 6.04 Å². The Morgan fingerprint density at radius 3 is 2.45 bits per heavy atom. The highest BCUT2D eigenvalue weighted by Gasteiger charge is 2.32. The maximum atomic E-state index is 10.4. The third-order valence-electron chi connectivity index (χ3n) is 1.58.